The zero-order valence-corrected chi connectivity index (χ0v) is 51.8. The van der Waals surface area contributed by atoms with E-state index in [0.717, 1.165) is 11.1 Å². The van der Waals surface area contributed by atoms with E-state index in [1.165, 1.54) is 32.1 Å². The first-order valence-corrected chi connectivity index (χ1v) is 32.9. The summed E-state index contributed by atoms with van der Waals surface area (Å²) in [7, 11) is -3.54. The van der Waals surface area contributed by atoms with Crippen LogP contribution < -0.4 is 10.6 Å². The first kappa shape index (κ1) is 73.7. The van der Waals surface area contributed by atoms with Crippen LogP contribution in [-0.4, -0.2) is 196 Å². The smallest absolute Gasteiger partial charge is 0.414 e. The van der Waals surface area contributed by atoms with E-state index >= 15 is 0 Å². The molecule has 2 amide bonds. The molecule has 3 heterocycles. The van der Waals surface area contributed by atoms with Gasteiger partial charge in [-0.3, -0.25) is 10.6 Å². The molecule has 3 aliphatic heterocycles. The number of carbonyl (C=O) groups excluding carboxylic acids is 4. The van der Waals surface area contributed by atoms with Crippen molar-refractivity contribution in [2.45, 2.75) is 204 Å². The first-order chi connectivity index (χ1) is 39.5. The minimum absolute atomic E-state index is 0.130. The lowest BCUT2D eigenvalue weighted by atomic mass is 9.99. The molecule has 15 atom stereocenters. The molecule has 0 aromatic heterocycles. The fraction of sp³-hybridized carbons (Fsp3) is 0.579. The lowest BCUT2D eigenvalue weighted by Gasteiger charge is -2.38. The van der Waals surface area contributed by atoms with E-state index in [0.29, 0.717) is 35.8 Å². The van der Waals surface area contributed by atoms with Crippen LogP contribution in [0.25, 0.3) is 0 Å². The number of hydrogen-bond donors (Lipinski definition) is 13. The van der Waals surface area contributed by atoms with E-state index in [2.05, 4.69) is 92.8 Å². The monoisotopic (exact) mass is 1240 g/mol. The highest BCUT2D eigenvalue weighted by molar-refractivity contribution is 6.74. The van der Waals surface area contributed by atoms with E-state index in [1.807, 2.05) is 30.2 Å². The van der Waals surface area contributed by atoms with Gasteiger partial charge in [0.1, 0.15) is 54.9 Å². The van der Waals surface area contributed by atoms with Crippen molar-refractivity contribution in [3.8, 4) is 12.3 Å². The summed E-state index contributed by atoms with van der Waals surface area (Å²) in [6.07, 6.45) is -16.7. The Hall–Kier alpha value is -5.60. The highest BCUT2D eigenvalue weighted by atomic mass is 28.4. The molecule has 0 bridgehead atoms. The molecule has 3 aromatic carbocycles. The maximum atomic E-state index is 12.1. The standard InChI is InChI=1S/C20H33NO7Si.C17H19NO9.C14H21NO2Si.C6H12O5/c1-12-15(22)16(23)17(24)18(27-12)28-19(25)21-14-9-7-13(8-10-14)11-26-29(5,6)20(2,3)4;1-2-7-25-15(23)14-12(21)11(20)13(22)16(26-14)27-17(24)18-10-5-3-9(8-19)4-6-10;1-14(2,3)18(4,5)17-10-12-6-8-13(9-7-12)15-11-16;1-2-3(7)4(8)5(9)6(10)11-2/h7-10,12,15-18,22-24H,11H2,1-6H3,(H,21,25);1,3-6,11-14,16,19-22H,7-8H2,(H,18,24);6-9H,10H2,1-5H3;2-10H,1H3. The molecule has 3 aromatic rings. The van der Waals surface area contributed by atoms with Crippen molar-refractivity contribution < 1.29 is 113 Å². The molecule has 0 spiro atoms. The lowest BCUT2D eigenvalue weighted by Crippen LogP contribution is -2.61. The van der Waals surface area contributed by atoms with Crippen LogP contribution in [0, 0.1) is 12.3 Å². The predicted octanol–water partition coefficient (Wildman–Crippen LogP) is 3.28. The molecule has 85 heavy (non-hydrogen) atoms. The number of amides is 2. The summed E-state index contributed by atoms with van der Waals surface area (Å²) in [5.41, 5.74) is 4.18. The maximum absolute atomic E-state index is 12.1. The average Bonchev–Trinajstić information content (AvgIpc) is 3.66. The van der Waals surface area contributed by atoms with E-state index in [1.54, 1.807) is 36.4 Å². The fourth-order valence-electron chi connectivity index (χ4n) is 7.04. The molecule has 474 valence electrons. The molecule has 26 nitrogen and oxygen atoms in total. The molecule has 0 saturated carbocycles. The summed E-state index contributed by atoms with van der Waals surface area (Å²) >= 11 is 0. The van der Waals surface area contributed by atoms with Gasteiger partial charge in [-0.2, -0.15) is 4.99 Å². The lowest BCUT2D eigenvalue weighted by molar-refractivity contribution is -0.278. The van der Waals surface area contributed by atoms with Crippen molar-refractivity contribution in [2.75, 3.05) is 17.2 Å². The number of anilines is 2. The summed E-state index contributed by atoms with van der Waals surface area (Å²) < 4.78 is 41.8. The second-order valence-corrected chi connectivity index (χ2v) is 32.8. The summed E-state index contributed by atoms with van der Waals surface area (Å²) in [5, 5.41) is 109. The minimum atomic E-state index is -1.84. The Kier molecular flexibility index (Phi) is 28.6. The summed E-state index contributed by atoms with van der Waals surface area (Å²) in [4.78, 5) is 49.5. The number of rotatable bonds is 14. The molecule has 13 N–H and O–H groups in total. The SMILES string of the molecule is C#CCOC(=O)C1OC(OC(=O)Nc2ccc(CO)cc2)C(O)C(O)C1O.CC(C)(C)[Si](C)(C)OCc1ccc(N=C=O)cc1.CC1OC(O)C(O)C(O)C1O.CC1OC(OC(=O)Nc2ccc(CO[Si](C)(C)C(C)(C)C)cc2)C(O)C(O)C1O. The number of aliphatic hydroxyl groups excluding tert-OH is 11. The highest BCUT2D eigenvalue weighted by Crippen LogP contribution is 2.38. The van der Waals surface area contributed by atoms with Crippen LogP contribution in [0.5, 0.6) is 0 Å². The molecular formula is C57H85N3O23Si2. The number of ether oxygens (including phenoxy) is 6. The molecule has 3 fully saturated rings. The van der Waals surface area contributed by atoms with Gasteiger partial charge in [0.2, 0.25) is 18.7 Å². The van der Waals surface area contributed by atoms with Crippen LogP contribution in [0.4, 0.5) is 26.7 Å². The third kappa shape index (κ3) is 22.3. The molecule has 0 radical (unpaired) electrons. The minimum Gasteiger partial charge on any atom is -0.451 e. The van der Waals surface area contributed by atoms with Crippen molar-refractivity contribution in [2.24, 2.45) is 4.99 Å². The normalized spacial score (nSPS) is 27.6. The number of carbonyl (C=O) groups is 3. The summed E-state index contributed by atoms with van der Waals surface area (Å²) in [6, 6.07) is 20.8. The van der Waals surface area contributed by atoms with Crippen LogP contribution in [0.2, 0.25) is 36.3 Å². The Bertz CT molecular complexity index is 2630. The topological polar surface area (TPSA) is 401 Å². The quantitative estimate of drug-likeness (QED) is 0.0275. The van der Waals surface area contributed by atoms with Gasteiger partial charge in [-0.15, -0.1) is 6.42 Å². The van der Waals surface area contributed by atoms with E-state index in [9.17, 15) is 49.8 Å². The second-order valence-electron chi connectivity index (χ2n) is 23.2. The zero-order valence-electron chi connectivity index (χ0n) is 49.8. The number of nitrogens with zero attached hydrogens (tertiary/aromatic N) is 1. The van der Waals surface area contributed by atoms with Gasteiger partial charge in [-0.05, 0) is 103 Å². The highest BCUT2D eigenvalue weighted by Gasteiger charge is 2.50. The molecule has 28 heteroatoms. The van der Waals surface area contributed by atoms with Crippen LogP contribution in [0.1, 0.15) is 72.1 Å². The third-order valence-corrected chi connectivity index (χ3v) is 23.6. The molecule has 15 unspecified atom stereocenters. The van der Waals surface area contributed by atoms with Gasteiger partial charge in [0.15, 0.2) is 35.6 Å². The molecular weight excluding hydrogens is 1150 g/mol. The predicted molar refractivity (Wildman–Crippen MR) is 311 cm³/mol. The van der Waals surface area contributed by atoms with Crippen molar-refractivity contribution in [1.82, 2.24) is 0 Å². The van der Waals surface area contributed by atoms with Crippen molar-refractivity contribution in [3.05, 3.63) is 89.5 Å². The summed E-state index contributed by atoms with van der Waals surface area (Å²) in [6.45, 7) is 25.7. The van der Waals surface area contributed by atoms with Crippen LogP contribution in [0.3, 0.4) is 0 Å². The van der Waals surface area contributed by atoms with Crippen molar-refractivity contribution in [3.63, 3.8) is 0 Å². The number of benzene rings is 3. The Morgan fingerprint density at radius 2 is 0.953 bits per heavy atom. The molecule has 3 aliphatic rings. The van der Waals surface area contributed by atoms with E-state index < -0.39 is 127 Å². The van der Waals surface area contributed by atoms with Gasteiger partial charge in [-0.1, -0.05) is 83.9 Å². The number of esters is 1. The third-order valence-electron chi connectivity index (χ3n) is 14.7. The largest absolute Gasteiger partial charge is 0.451 e. The number of hydrogen-bond acceptors (Lipinski definition) is 24. The summed E-state index contributed by atoms with van der Waals surface area (Å²) in [5.74, 6) is 0.965. The number of aliphatic hydroxyl groups is 11. The Morgan fingerprint density at radius 1 is 0.565 bits per heavy atom. The zero-order chi connectivity index (χ0) is 64.4. The van der Waals surface area contributed by atoms with Gasteiger partial charge in [-0.25, -0.2) is 19.2 Å². The second kappa shape index (κ2) is 32.9. The Balaban J connectivity index is 0.000000312. The van der Waals surface area contributed by atoms with Crippen LogP contribution >= 0.6 is 0 Å². The van der Waals surface area contributed by atoms with Gasteiger partial charge in [0.05, 0.1) is 37.7 Å². The Labute approximate surface area is 496 Å². The van der Waals surface area contributed by atoms with Gasteiger partial charge >= 0.3 is 18.2 Å². The number of aliphatic imine (C=N–C) groups is 1. The van der Waals surface area contributed by atoms with Crippen molar-refractivity contribution >= 4 is 57.9 Å². The Morgan fingerprint density at radius 3 is 1.36 bits per heavy atom. The average molecular weight is 1240 g/mol. The molecule has 3 saturated heterocycles. The maximum Gasteiger partial charge on any atom is 0.414 e. The fourth-order valence-corrected chi connectivity index (χ4v) is 8.96. The molecule has 0 aliphatic carbocycles. The molecule has 6 rings (SSSR count). The number of isocyanates is 1. The van der Waals surface area contributed by atoms with Gasteiger partial charge in [0, 0.05) is 11.4 Å². The van der Waals surface area contributed by atoms with E-state index in [4.69, 9.17) is 59.8 Å². The van der Waals surface area contributed by atoms with Gasteiger partial charge < -0.3 is 93.4 Å². The number of nitrogens with one attached hydrogen (secondary N) is 2. The van der Waals surface area contributed by atoms with Gasteiger partial charge in [0.25, 0.3) is 0 Å². The van der Waals surface area contributed by atoms with E-state index in [-0.39, 0.29) is 23.3 Å². The van der Waals surface area contributed by atoms with Crippen LogP contribution in [0.15, 0.2) is 77.8 Å². The van der Waals surface area contributed by atoms with Crippen molar-refractivity contribution in [1.29, 1.82) is 0 Å². The van der Waals surface area contributed by atoms with Crippen LogP contribution in [-0.2, 0) is 66.7 Å². The number of terminal acetylenes is 1. The first-order valence-electron chi connectivity index (χ1n) is 27.0.